The summed E-state index contributed by atoms with van der Waals surface area (Å²) in [7, 11) is 0. The summed E-state index contributed by atoms with van der Waals surface area (Å²) in [5, 5.41) is 9.14. The first-order valence-corrected chi connectivity index (χ1v) is 7.68. The summed E-state index contributed by atoms with van der Waals surface area (Å²) in [6.07, 6.45) is 1.33. The smallest absolute Gasteiger partial charge is 0.269 e. The lowest BCUT2D eigenvalue weighted by Gasteiger charge is -2.12. The maximum Gasteiger partial charge on any atom is 0.269 e. The summed E-state index contributed by atoms with van der Waals surface area (Å²) in [6.45, 7) is 3.93. The molecule has 0 aliphatic carbocycles. The van der Waals surface area contributed by atoms with E-state index in [0.29, 0.717) is 18.4 Å². The second-order valence-electron chi connectivity index (χ2n) is 4.97. The Hall–Kier alpha value is -2.21. The fourth-order valence-corrected chi connectivity index (χ4v) is 2.65. The lowest BCUT2D eigenvalue weighted by Crippen LogP contribution is -2.29. The number of hydrogen-bond donors (Lipinski definition) is 2. The van der Waals surface area contributed by atoms with E-state index in [1.165, 1.54) is 6.07 Å². The molecule has 0 unspecified atom stereocenters. The number of benzene rings is 1. The van der Waals surface area contributed by atoms with E-state index in [-0.39, 0.29) is 22.7 Å². The second kappa shape index (κ2) is 7.37. The molecule has 0 aliphatic heterocycles. The average molecular weight is 338 g/mol. The molecule has 0 atom stereocenters. The molecular formula is C16H17ClFN3O2. The number of nitrogens with zero attached hydrogens (tertiary/aromatic N) is 1. The predicted octanol–water partition coefficient (Wildman–Crippen LogP) is 2.62. The van der Waals surface area contributed by atoms with Crippen LogP contribution in [0.1, 0.15) is 41.0 Å². The monoisotopic (exact) mass is 337 g/mol. The van der Waals surface area contributed by atoms with Crippen molar-refractivity contribution in [1.82, 2.24) is 15.5 Å². The molecule has 122 valence electrons. The molecule has 0 bridgehead atoms. The van der Waals surface area contributed by atoms with E-state index in [9.17, 15) is 14.0 Å². The Morgan fingerprint density at radius 2 is 2.04 bits per heavy atom. The van der Waals surface area contributed by atoms with Crippen molar-refractivity contribution in [3.8, 4) is 0 Å². The minimum Gasteiger partial charge on any atom is -0.348 e. The van der Waals surface area contributed by atoms with Crippen molar-refractivity contribution in [2.45, 2.75) is 33.2 Å². The van der Waals surface area contributed by atoms with Crippen molar-refractivity contribution >= 4 is 17.5 Å². The molecule has 23 heavy (non-hydrogen) atoms. The van der Waals surface area contributed by atoms with Crippen LogP contribution in [-0.2, 0) is 19.4 Å². The number of nitrogens with one attached hydrogen (secondary N) is 2. The van der Waals surface area contributed by atoms with Gasteiger partial charge < -0.3 is 5.32 Å². The van der Waals surface area contributed by atoms with Gasteiger partial charge in [-0.2, -0.15) is 5.10 Å². The van der Waals surface area contributed by atoms with Gasteiger partial charge in [-0.3, -0.25) is 9.59 Å². The molecule has 0 radical (unpaired) electrons. The van der Waals surface area contributed by atoms with E-state index in [1.54, 1.807) is 0 Å². The topological polar surface area (TPSA) is 74.8 Å². The largest absolute Gasteiger partial charge is 0.348 e. The van der Waals surface area contributed by atoms with Crippen molar-refractivity contribution in [3.05, 3.63) is 61.8 Å². The van der Waals surface area contributed by atoms with Crippen molar-refractivity contribution in [3.63, 3.8) is 0 Å². The minimum absolute atomic E-state index is 0.0242. The molecule has 1 amide bonds. The highest BCUT2D eigenvalue weighted by Crippen LogP contribution is 2.17. The lowest BCUT2D eigenvalue weighted by atomic mass is 10.0. The van der Waals surface area contributed by atoms with Crippen LogP contribution in [0, 0.1) is 5.82 Å². The van der Waals surface area contributed by atoms with Gasteiger partial charge in [0.2, 0.25) is 0 Å². The third kappa shape index (κ3) is 3.76. The first-order valence-electron chi connectivity index (χ1n) is 7.30. The fraction of sp³-hybridized carbons (Fsp3) is 0.312. The maximum absolute atomic E-state index is 13.0. The summed E-state index contributed by atoms with van der Waals surface area (Å²) in [5.41, 5.74) is 1.95. The number of aromatic amines is 1. The van der Waals surface area contributed by atoms with Crippen LogP contribution in [0.4, 0.5) is 4.39 Å². The van der Waals surface area contributed by atoms with Gasteiger partial charge in [-0.25, -0.2) is 9.49 Å². The third-order valence-corrected chi connectivity index (χ3v) is 3.88. The summed E-state index contributed by atoms with van der Waals surface area (Å²) in [6, 6.07) is 3.54. The van der Waals surface area contributed by atoms with E-state index >= 15 is 0 Å². The van der Waals surface area contributed by atoms with Gasteiger partial charge >= 0.3 is 0 Å². The summed E-state index contributed by atoms with van der Waals surface area (Å²) in [5.74, 6) is -0.982. The number of carbonyl (C=O) groups excluding carboxylic acids is 1. The van der Waals surface area contributed by atoms with E-state index in [2.05, 4.69) is 15.5 Å². The maximum atomic E-state index is 13.0. The molecule has 0 fully saturated rings. The van der Waals surface area contributed by atoms with E-state index < -0.39 is 11.7 Å². The Morgan fingerprint density at radius 3 is 2.65 bits per heavy atom. The Kier molecular flexibility index (Phi) is 5.50. The highest BCUT2D eigenvalue weighted by Gasteiger charge is 2.15. The Bertz CT molecular complexity index is 789. The first-order chi connectivity index (χ1) is 11.0. The molecule has 0 saturated carbocycles. The molecule has 1 aromatic heterocycles. The number of halogens is 2. The Morgan fingerprint density at radius 1 is 1.30 bits per heavy atom. The fourth-order valence-electron chi connectivity index (χ4n) is 2.40. The number of hydrogen-bond acceptors (Lipinski definition) is 3. The summed E-state index contributed by atoms with van der Waals surface area (Å²) in [4.78, 5) is 24.2. The highest BCUT2D eigenvalue weighted by atomic mass is 35.5. The zero-order valence-electron chi connectivity index (χ0n) is 12.9. The van der Waals surface area contributed by atoms with Crippen LogP contribution in [0.3, 0.4) is 0 Å². The van der Waals surface area contributed by atoms with Gasteiger partial charge in [0.15, 0.2) is 0 Å². The van der Waals surface area contributed by atoms with E-state index in [1.807, 2.05) is 13.8 Å². The number of amides is 1. The van der Waals surface area contributed by atoms with E-state index in [0.717, 1.165) is 23.4 Å². The quantitative estimate of drug-likeness (QED) is 0.880. The van der Waals surface area contributed by atoms with Crippen LogP contribution in [-0.4, -0.2) is 16.1 Å². The Balaban J connectivity index is 2.24. The van der Waals surface area contributed by atoms with Crippen LogP contribution in [0.25, 0.3) is 0 Å². The van der Waals surface area contributed by atoms with Gasteiger partial charge in [0.25, 0.3) is 11.5 Å². The number of rotatable bonds is 5. The van der Waals surface area contributed by atoms with Gasteiger partial charge in [0.1, 0.15) is 5.82 Å². The Labute approximate surface area is 137 Å². The van der Waals surface area contributed by atoms with E-state index in [4.69, 9.17) is 11.6 Å². The molecule has 7 heteroatoms. The van der Waals surface area contributed by atoms with Crippen LogP contribution in [0.5, 0.6) is 0 Å². The summed E-state index contributed by atoms with van der Waals surface area (Å²) < 4.78 is 13.0. The molecule has 1 aromatic carbocycles. The van der Waals surface area contributed by atoms with Crippen molar-refractivity contribution in [1.29, 1.82) is 0 Å². The molecule has 2 rings (SSSR count). The van der Waals surface area contributed by atoms with Gasteiger partial charge in [0.05, 0.1) is 16.3 Å². The van der Waals surface area contributed by atoms with Gasteiger partial charge in [-0.15, -0.1) is 0 Å². The number of H-pyrrole nitrogens is 1. The van der Waals surface area contributed by atoms with Crippen molar-refractivity contribution < 1.29 is 9.18 Å². The van der Waals surface area contributed by atoms with Crippen LogP contribution < -0.4 is 10.9 Å². The van der Waals surface area contributed by atoms with Crippen LogP contribution >= 0.6 is 11.6 Å². The molecule has 1 heterocycles. The van der Waals surface area contributed by atoms with Crippen LogP contribution in [0.2, 0.25) is 5.02 Å². The molecule has 2 aromatic rings. The molecule has 2 N–H and O–H groups in total. The third-order valence-electron chi connectivity index (χ3n) is 3.57. The normalized spacial score (nSPS) is 10.6. The SMILES string of the molecule is CCc1n[nH]c(=O)c(CNC(=O)c2ccc(F)cc2Cl)c1CC. The first kappa shape index (κ1) is 17.1. The number of aryl methyl sites for hydroxylation is 1. The molecular weight excluding hydrogens is 321 g/mol. The predicted molar refractivity (Wildman–Crippen MR) is 86.2 cm³/mol. The van der Waals surface area contributed by atoms with Gasteiger partial charge in [0, 0.05) is 12.1 Å². The zero-order valence-corrected chi connectivity index (χ0v) is 13.6. The lowest BCUT2D eigenvalue weighted by molar-refractivity contribution is 0.0951. The molecule has 5 nitrogen and oxygen atoms in total. The molecule has 0 spiro atoms. The number of carbonyl (C=O) groups is 1. The van der Waals surface area contributed by atoms with Gasteiger partial charge in [-0.1, -0.05) is 25.4 Å². The van der Waals surface area contributed by atoms with Crippen molar-refractivity contribution in [2.75, 3.05) is 0 Å². The highest BCUT2D eigenvalue weighted by molar-refractivity contribution is 6.33. The van der Waals surface area contributed by atoms with Crippen LogP contribution in [0.15, 0.2) is 23.0 Å². The molecule has 0 aliphatic rings. The van der Waals surface area contributed by atoms with Gasteiger partial charge in [-0.05, 0) is 36.6 Å². The molecule has 0 saturated heterocycles. The second-order valence-corrected chi connectivity index (χ2v) is 5.38. The summed E-state index contributed by atoms with van der Waals surface area (Å²) >= 11 is 5.86. The van der Waals surface area contributed by atoms with Crippen molar-refractivity contribution in [2.24, 2.45) is 0 Å². The average Bonchev–Trinajstić information content (AvgIpc) is 2.53. The zero-order chi connectivity index (χ0) is 17.0. The minimum atomic E-state index is -0.516. The standard InChI is InChI=1S/C16H17ClFN3O2/c1-3-10-12(16(23)21-20-14(10)4-2)8-19-15(22)11-6-5-9(18)7-13(11)17/h5-7H,3-4,8H2,1-2H3,(H,19,22)(H,21,23). The number of aromatic nitrogens is 2.